The van der Waals surface area contributed by atoms with Crippen LogP contribution in [0.5, 0.6) is 5.75 Å². The molecule has 6 heteroatoms. The molecule has 2 aromatic heterocycles. The van der Waals surface area contributed by atoms with E-state index in [4.69, 9.17) is 4.74 Å². The Morgan fingerprint density at radius 1 is 1.38 bits per heavy atom. The fraction of sp³-hybridized carbons (Fsp3) is 0.278. The van der Waals surface area contributed by atoms with Crippen LogP contribution in [0.1, 0.15) is 34.1 Å². The topological polar surface area (TPSA) is 77.2 Å². The maximum Gasteiger partial charge on any atom is 0.198 e. The molecule has 1 N–H and O–H groups in total. The van der Waals surface area contributed by atoms with Gasteiger partial charge in [-0.3, -0.25) is 4.79 Å². The first-order chi connectivity index (χ1) is 11.6. The van der Waals surface area contributed by atoms with Crippen LogP contribution in [0.4, 0.5) is 0 Å². The third kappa shape index (κ3) is 2.35. The number of carbonyl (C=O) groups is 1. The van der Waals surface area contributed by atoms with Crippen molar-refractivity contribution in [2.75, 3.05) is 13.2 Å². The van der Waals surface area contributed by atoms with Gasteiger partial charge in [-0.1, -0.05) is 12.1 Å². The number of phenolic OH excluding ortho intramolecular Hbond substituents is 1. The second-order valence-electron chi connectivity index (χ2n) is 5.99. The predicted octanol–water partition coefficient (Wildman–Crippen LogP) is 2.64. The van der Waals surface area contributed by atoms with E-state index < -0.39 is 0 Å². The van der Waals surface area contributed by atoms with Crippen molar-refractivity contribution < 1.29 is 14.6 Å². The molecule has 1 saturated heterocycles. The summed E-state index contributed by atoms with van der Waals surface area (Å²) in [6.07, 6.45) is 2.46. The lowest BCUT2D eigenvalue weighted by molar-refractivity contribution is 0.103. The number of aryl methyl sites for hydroxylation is 1. The number of para-hydroxylation sites is 1. The molecule has 122 valence electrons. The maximum atomic E-state index is 12.6. The lowest BCUT2D eigenvalue weighted by Crippen LogP contribution is -2.11. The Hall–Kier alpha value is -2.73. The van der Waals surface area contributed by atoms with Crippen molar-refractivity contribution in [2.24, 2.45) is 0 Å². The van der Waals surface area contributed by atoms with E-state index >= 15 is 0 Å². The van der Waals surface area contributed by atoms with Crippen LogP contribution in [0, 0.1) is 6.92 Å². The average molecular weight is 323 g/mol. The molecule has 4 rings (SSSR count). The highest BCUT2D eigenvalue weighted by Crippen LogP contribution is 2.27. The summed E-state index contributed by atoms with van der Waals surface area (Å²) >= 11 is 0. The van der Waals surface area contributed by atoms with E-state index in [0.717, 1.165) is 29.8 Å². The standard InChI is InChI=1S/C18H17N3O3/c1-11-15-8-12(17(23)14-4-2-3-5-16(14)22)9-19-18(15)21(20-11)13-6-7-24-10-13/h2-5,8-9,13,22H,6-7,10H2,1H3/t13-/m1/s1. The van der Waals surface area contributed by atoms with E-state index in [1.807, 2.05) is 11.6 Å². The molecule has 0 unspecified atom stereocenters. The number of ether oxygens (including phenoxy) is 1. The molecule has 3 aromatic rings. The molecular weight excluding hydrogens is 306 g/mol. The molecule has 1 aromatic carbocycles. The van der Waals surface area contributed by atoms with Gasteiger partial charge in [-0.2, -0.15) is 5.10 Å². The SMILES string of the molecule is Cc1nn([C@@H]2CCOC2)c2ncc(C(=O)c3ccccc3O)cc12. The quantitative estimate of drug-likeness (QED) is 0.750. The molecule has 6 nitrogen and oxygen atoms in total. The summed E-state index contributed by atoms with van der Waals surface area (Å²) in [5, 5.41) is 15.3. The highest BCUT2D eigenvalue weighted by molar-refractivity contribution is 6.11. The first kappa shape index (κ1) is 14.8. The molecule has 3 heterocycles. The lowest BCUT2D eigenvalue weighted by Gasteiger charge is -2.09. The Kier molecular flexibility index (Phi) is 3.54. The first-order valence-corrected chi connectivity index (χ1v) is 7.90. The molecule has 0 radical (unpaired) electrons. The Morgan fingerprint density at radius 2 is 2.21 bits per heavy atom. The first-order valence-electron chi connectivity index (χ1n) is 7.90. The Balaban J connectivity index is 1.78. The van der Waals surface area contributed by atoms with Crippen LogP contribution in [-0.2, 0) is 4.74 Å². The molecule has 0 amide bonds. The molecular formula is C18H17N3O3. The highest BCUT2D eigenvalue weighted by Gasteiger charge is 2.23. The Bertz CT molecular complexity index is 926. The molecule has 1 fully saturated rings. The number of carbonyl (C=O) groups excluding carboxylic acids is 1. The van der Waals surface area contributed by atoms with E-state index in [-0.39, 0.29) is 23.1 Å². The molecule has 0 saturated carbocycles. The average Bonchev–Trinajstić information content (AvgIpc) is 3.23. The van der Waals surface area contributed by atoms with E-state index in [9.17, 15) is 9.90 Å². The number of hydrogen-bond donors (Lipinski definition) is 1. The van der Waals surface area contributed by atoms with E-state index in [1.165, 1.54) is 6.07 Å². The van der Waals surface area contributed by atoms with Crippen LogP contribution in [0.3, 0.4) is 0 Å². The van der Waals surface area contributed by atoms with Crippen LogP contribution in [-0.4, -0.2) is 38.9 Å². The monoisotopic (exact) mass is 323 g/mol. The van der Waals surface area contributed by atoms with Gasteiger partial charge in [0, 0.05) is 23.8 Å². The van der Waals surface area contributed by atoms with Gasteiger partial charge < -0.3 is 9.84 Å². The smallest absolute Gasteiger partial charge is 0.198 e. The summed E-state index contributed by atoms with van der Waals surface area (Å²) in [4.78, 5) is 17.1. The molecule has 0 spiro atoms. The molecule has 0 bridgehead atoms. The maximum absolute atomic E-state index is 12.6. The van der Waals surface area contributed by atoms with Crippen molar-refractivity contribution in [1.82, 2.24) is 14.8 Å². The van der Waals surface area contributed by atoms with Gasteiger partial charge in [0.05, 0.1) is 23.9 Å². The van der Waals surface area contributed by atoms with E-state index in [2.05, 4.69) is 10.1 Å². The van der Waals surface area contributed by atoms with Crippen LogP contribution in [0.15, 0.2) is 36.5 Å². The van der Waals surface area contributed by atoms with Gasteiger partial charge >= 0.3 is 0 Å². The molecule has 1 aliphatic heterocycles. The summed E-state index contributed by atoms with van der Waals surface area (Å²) in [7, 11) is 0. The molecule has 1 atom stereocenters. The van der Waals surface area contributed by atoms with Crippen LogP contribution in [0.2, 0.25) is 0 Å². The van der Waals surface area contributed by atoms with Crippen molar-refractivity contribution in [3.8, 4) is 5.75 Å². The summed E-state index contributed by atoms with van der Waals surface area (Å²) < 4.78 is 7.33. The minimum Gasteiger partial charge on any atom is -0.507 e. The lowest BCUT2D eigenvalue weighted by atomic mass is 10.0. The number of pyridine rings is 1. The summed E-state index contributed by atoms with van der Waals surface area (Å²) in [5.74, 6) is -0.281. The number of phenols is 1. The fourth-order valence-corrected chi connectivity index (χ4v) is 3.08. The number of hydrogen-bond acceptors (Lipinski definition) is 5. The number of fused-ring (bicyclic) bond motifs is 1. The van der Waals surface area contributed by atoms with Gasteiger partial charge in [0.25, 0.3) is 0 Å². The number of rotatable bonds is 3. The highest BCUT2D eigenvalue weighted by atomic mass is 16.5. The minimum absolute atomic E-state index is 0.0295. The van der Waals surface area contributed by atoms with Gasteiger partial charge in [0.15, 0.2) is 11.4 Å². The number of nitrogens with zero attached hydrogens (tertiary/aromatic N) is 3. The van der Waals surface area contributed by atoms with Crippen molar-refractivity contribution in [1.29, 1.82) is 0 Å². The fourth-order valence-electron chi connectivity index (χ4n) is 3.08. The molecule has 24 heavy (non-hydrogen) atoms. The summed E-state index contributed by atoms with van der Waals surface area (Å²) in [5.41, 5.74) is 2.30. The van der Waals surface area contributed by atoms with Gasteiger partial charge in [-0.15, -0.1) is 0 Å². The summed E-state index contributed by atoms with van der Waals surface area (Å²) in [6, 6.07) is 8.50. The second-order valence-corrected chi connectivity index (χ2v) is 5.99. The summed E-state index contributed by atoms with van der Waals surface area (Å²) in [6.45, 7) is 3.27. The van der Waals surface area contributed by atoms with Gasteiger partial charge in [0.2, 0.25) is 0 Å². The molecule has 0 aliphatic carbocycles. The Morgan fingerprint density at radius 3 is 2.96 bits per heavy atom. The number of aromatic nitrogens is 3. The van der Waals surface area contributed by atoms with Crippen molar-refractivity contribution >= 4 is 16.8 Å². The zero-order chi connectivity index (χ0) is 16.7. The Labute approximate surface area is 138 Å². The predicted molar refractivity (Wildman–Crippen MR) is 88.3 cm³/mol. The third-order valence-electron chi connectivity index (χ3n) is 4.39. The molecule has 1 aliphatic rings. The van der Waals surface area contributed by atoms with Crippen molar-refractivity contribution in [3.63, 3.8) is 0 Å². The zero-order valence-electron chi connectivity index (χ0n) is 13.3. The van der Waals surface area contributed by atoms with Crippen LogP contribution in [0.25, 0.3) is 11.0 Å². The number of aromatic hydroxyl groups is 1. The normalized spacial score (nSPS) is 17.5. The van der Waals surface area contributed by atoms with Gasteiger partial charge in [0.1, 0.15) is 5.75 Å². The van der Waals surface area contributed by atoms with E-state index in [0.29, 0.717) is 12.2 Å². The van der Waals surface area contributed by atoms with E-state index in [1.54, 1.807) is 30.5 Å². The van der Waals surface area contributed by atoms with Gasteiger partial charge in [-0.25, -0.2) is 9.67 Å². The number of ketones is 1. The minimum atomic E-state index is -0.251. The van der Waals surface area contributed by atoms with Crippen LogP contribution >= 0.6 is 0 Å². The zero-order valence-corrected chi connectivity index (χ0v) is 13.3. The van der Waals surface area contributed by atoms with Crippen molar-refractivity contribution in [3.05, 3.63) is 53.3 Å². The third-order valence-corrected chi connectivity index (χ3v) is 4.39. The number of benzene rings is 1. The second kappa shape index (κ2) is 5.72. The largest absolute Gasteiger partial charge is 0.507 e. The van der Waals surface area contributed by atoms with Gasteiger partial charge in [-0.05, 0) is 31.5 Å². The van der Waals surface area contributed by atoms with Crippen LogP contribution < -0.4 is 0 Å². The van der Waals surface area contributed by atoms with Crippen molar-refractivity contribution in [2.45, 2.75) is 19.4 Å².